The maximum atomic E-state index is 11.9. The second-order valence-corrected chi connectivity index (χ2v) is 11.0. The van der Waals surface area contributed by atoms with Crippen molar-refractivity contribution in [2.45, 2.75) is 38.1 Å². The standard InChI is InChI=1S/C17H26N2O6P2/c1-3-4-5-8-11-25-15-12-16(18-14-10-7-6-9-13(14)15)19-17(26(2,20)21)27(22,23)24/h6-7,9-10,12,17H,3-5,8,11H2,1-2H3,(H,18,19)(H,20,21)(H2,22,23,24). The molecule has 1 aromatic carbocycles. The van der Waals surface area contributed by atoms with E-state index in [1.807, 2.05) is 12.1 Å². The van der Waals surface area contributed by atoms with E-state index in [1.165, 1.54) is 6.07 Å². The maximum absolute atomic E-state index is 11.9. The molecule has 2 atom stereocenters. The highest BCUT2D eigenvalue weighted by molar-refractivity contribution is 7.73. The monoisotopic (exact) mass is 416 g/mol. The number of rotatable bonds is 10. The Bertz CT molecular complexity index is 842. The molecule has 0 aliphatic carbocycles. The molecule has 0 aliphatic rings. The number of benzene rings is 1. The minimum absolute atomic E-state index is 0.0710. The summed E-state index contributed by atoms with van der Waals surface area (Å²) in [6.07, 6.45) is 4.18. The third kappa shape index (κ3) is 6.30. The van der Waals surface area contributed by atoms with Crippen LogP contribution >= 0.6 is 15.0 Å². The summed E-state index contributed by atoms with van der Waals surface area (Å²) in [5.41, 5.74) is -1.38. The Balaban J connectivity index is 2.31. The van der Waals surface area contributed by atoms with E-state index in [-0.39, 0.29) is 5.82 Å². The van der Waals surface area contributed by atoms with Crippen LogP contribution in [0.1, 0.15) is 32.6 Å². The number of ether oxygens (including phenoxy) is 1. The van der Waals surface area contributed by atoms with E-state index in [0.29, 0.717) is 17.9 Å². The van der Waals surface area contributed by atoms with Gasteiger partial charge in [-0.05, 0) is 18.6 Å². The molecule has 2 unspecified atom stereocenters. The first-order chi connectivity index (χ1) is 12.6. The first kappa shape index (κ1) is 21.9. The molecule has 2 aromatic rings. The molecule has 1 aromatic heterocycles. The molecule has 10 heteroatoms. The molecule has 0 amide bonds. The summed E-state index contributed by atoms with van der Waals surface area (Å²) in [5, 5.41) is 3.19. The third-order valence-electron chi connectivity index (χ3n) is 3.98. The van der Waals surface area contributed by atoms with Crippen molar-refractivity contribution in [2.24, 2.45) is 0 Å². The van der Waals surface area contributed by atoms with Gasteiger partial charge in [-0.3, -0.25) is 9.13 Å². The second kappa shape index (κ2) is 9.18. The van der Waals surface area contributed by atoms with E-state index in [4.69, 9.17) is 4.74 Å². The zero-order valence-electron chi connectivity index (χ0n) is 15.4. The number of pyridine rings is 1. The number of hydrogen-bond donors (Lipinski definition) is 4. The van der Waals surface area contributed by atoms with Crippen LogP contribution in [0.5, 0.6) is 5.75 Å². The number of anilines is 1. The number of nitrogens with one attached hydrogen (secondary N) is 1. The average Bonchev–Trinajstić information content (AvgIpc) is 2.57. The van der Waals surface area contributed by atoms with Crippen LogP contribution in [0.2, 0.25) is 0 Å². The van der Waals surface area contributed by atoms with E-state index >= 15 is 0 Å². The van der Waals surface area contributed by atoms with Crippen LogP contribution in [0.3, 0.4) is 0 Å². The molecule has 4 N–H and O–H groups in total. The van der Waals surface area contributed by atoms with Gasteiger partial charge >= 0.3 is 7.60 Å². The van der Waals surface area contributed by atoms with Crippen molar-refractivity contribution in [3.05, 3.63) is 30.3 Å². The van der Waals surface area contributed by atoms with Crippen molar-refractivity contribution >= 4 is 31.7 Å². The first-order valence-electron chi connectivity index (χ1n) is 8.77. The van der Waals surface area contributed by atoms with Crippen LogP contribution in [-0.2, 0) is 9.13 Å². The summed E-state index contributed by atoms with van der Waals surface area (Å²) in [4.78, 5) is 32.9. The zero-order valence-corrected chi connectivity index (χ0v) is 17.2. The van der Waals surface area contributed by atoms with Gasteiger partial charge in [-0.15, -0.1) is 0 Å². The van der Waals surface area contributed by atoms with E-state index in [1.54, 1.807) is 12.1 Å². The lowest BCUT2D eigenvalue weighted by atomic mass is 10.2. The summed E-state index contributed by atoms with van der Waals surface area (Å²) >= 11 is 0. The van der Waals surface area contributed by atoms with Crippen molar-refractivity contribution in [1.29, 1.82) is 0 Å². The average molecular weight is 416 g/mol. The number of unbranched alkanes of at least 4 members (excludes halogenated alkanes) is 3. The number of aromatic nitrogens is 1. The Morgan fingerprint density at radius 3 is 2.48 bits per heavy atom. The molecule has 0 fully saturated rings. The molecular weight excluding hydrogens is 390 g/mol. The van der Waals surface area contributed by atoms with Crippen LogP contribution in [0, 0.1) is 0 Å². The molecule has 0 saturated heterocycles. The van der Waals surface area contributed by atoms with Crippen molar-refractivity contribution < 1.29 is 28.5 Å². The predicted molar refractivity (Wildman–Crippen MR) is 107 cm³/mol. The molecule has 0 saturated carbocycles. The topological polar surface area (TPSA) is 129 Å². The van der Waals surface area contributed by atoms with Crippen molar-refractivity contribution in [1.82, 2.24) is 4.98 Å². The van der Waals surface area contributed by atoms with E-state index in [9.17, 15) is 23.8 Å². The highest BCUT2D eigenvalue weighted by atomic mass is 31.2. The maximum Gasteiger partial charge on any atom is 0.357 e. The summed E-state index contributed by atoms with van der Waals surface area (Å²) in [7, 11) is -9.00. The van der Waals surface area contributed by atoms with Gasteiger partial charge < -0.3 is 24.7 Å². The van der Waals surface area contributed by atoms with Gasteiger partial charge in [0, 0.05) is 18.1 Å². The lowest BCUT2D eigenvalue weighted by Gasteiger charge is -2.23. The molecule has 0 bridgehead atoms. The Hall–Kier alpha value is -1.43. The Kier molecular flexibility index (Phi) is 7.43. The number of para-hydroxylation sites is 1. The fourth-order valence-electron chi connectivity index (χ4n) is 2.66. The van der Waals surface area contributed by atoms with Gasteiger partial charge in [0.1, 0.15) is 11.6 Å². The SMILES string of the molecule is CCCCCCOc1cc(NC(P(C)(=O)O)P(=O)(O)O)nc2ccccc12. The molecule has 2 rings (SSSR count). The predicted octanol–water partition coefficient (Wildman–Crippen LogP) is 3.97. The van der Waals surface area contributed by atoms with Crippen molar-refractivity contribution in [2.75, 3.05) is 18.6 Å². The van der Waals surface area contributed by atoms with Gasteiger partial charge in [0.2, 0.25) is 12.9 Å². The van der Waals surface area contributed by atoms with E-state index < -0.39 is 20.5 Å². The highest BCUT2D eigenvalue weighted by Crippen LogP contribution is 2.59. The van der Waals surface area contributed by atoms with Gasteiger partial charge in [0.15, 0.2) is 0 Å². The van der Waals surface area contributed by atoms with Crippen LogP contribution in [0.4, 0.5) is 5.82 Å². The minimum atomic E-state index is -4.88. The Labute approximate surface area is 158 Å². The molecule has 150 valence electrons. The summed E-state index contributed by atoms with van der Waals surface area (Å²) in [5.74, 6) is 0.578. The summed E-state index contributed by atoms with van der Waals surface area (Å²) < 4.78 is 29.4. The Morgan fingerprint density at radius 1 is 1.15 bits per heavy atom. The van der Waals surface area contributed by atoms with Crippen LogP contribution in [0.25, 0.3) is 10.9 Å². The molecule has 0 aliphatic heterocycles. The van der Waals surface area contributed by atoms with Crippen LogP contribution < -0.4 is 10.1 Å². The largest absolute Gasteiger partial charge is 0.493 e. The van der Waals surface area contributed by atoms with Crippen LogP contribution in [0.15, 0.2) is 30.3 Å². The molecule has 0 radical (unpaired) electrons. The molecule has 1 heterocycles. The van der Waals surface area contributed by atoms with Crippen molar-refractivity contribution in [3.63, 3.8) is 0 Å². The second-order valence-electron chi connectivity index (χ2n) is 6.48. The number of fused-ring (bicyclic) bond motifs is 1. The third-order valence-corrected chi connectivity index (χ3v) is 7.97. The molecule has 0 spiro atoms. The van der Waals surface area contributed by atoms with Gasteiger partial charge in [-0.2, -0.15) is 0 Å². The van der Waals surface area contributed by atoms with E-state index in [2.05, 4.69) is 17.2 Å². The number of hydrogen-bond acceptors (Lipinski definition) is 5. The van der Waals surface area contributed by atoms with Crippen LogP contribution in [-0.4, -0.2) is 38.5 Å². The fourth-order valence-corrected chi connectivity index (χ4v) is 5.57. The van der Waals surface area contributed by atoms with Gasteiger partial charge in [-0.1, -0.05) is 38.3 Å². The normalized spacial score (nSPS) is 15.3. The fraction of sp³-hybridized carbons (Fsp3) is 0.471. The quantitative estimate of drug-likeness (QED) is 0.338. The van der Waals surface area contributed by atoms with Crippen molar-refractivity contribution in [3.8, 4) is 5.75 Å². The Morgan fingerprint density at radius 2 is 1.85 bits per heavy atom. The van der Waals surface area contributed by atoms with Gasteiger partial charge in [0.05, 0.1) is 12.1 Å². The van der Waals surface area contributed by atoms with Gasteiger partial charge in [-0.25, -0.2) is 4.98 Å². The summed E-state index contributed by atoms with van der Waals surface area (Å²) in [6, 6.07) is 8.70. The lowest BCUT2D eigenvalue weighted by Crippen LogP contribution is -2.20. The first-order valence-corrected chi connectivity index (χ1v) is 12.6. The summed E-state index contributed by atoms with van der Waals surface area (Å²) in [6.45, 7) is 3.53. The molecule has 27 heavy (non-hydrogen) atoms. The van der Waals surface area contributed by atoms with E-state index in [0.717, 1.165) is 37.7 Å². The molecular formula is C17H26N2O6P2. The smallest absolute Gasteiger partial charge is 0.357 e. The highest BCUT2D eigenvalue weighted by Gasteiger charge is 2.41. The molecule has 8 nitrogen and oxygen atoms in total. The number of nitrogens with zero attached hydrogens (tertiary/aromatic N) is 1. The zero-order chi connectivity index (χ0) is 20.1. The minimum Gasteiger partial charge on any atom is -0.493 e. The lowest BCUT2D eigenvalue weighted by molar-refractivity contribution is 0.308. The van der Waals surface area contributed by atoms with Gasteiger partial charge in [0.25, 0.3) is 0 Å².